The van der Waals surface area contributed by atoms with Crippen molar-refractivity contribution in [2.45, 2.75) is 25.9 Å². The lowest BCUT2D eigenvalue weighted by Crippen LogP contribution is -2.59. The number of nitrogens with two attached hydrogens (primary N) is 1. The maximum Gasteiger partial charge on any atom is 0.238 e. The Kier molecular flexibility index (Phi) is 3.05. The standard InChI is InChI=1S/C8H17N3O/c1-6(2)11-4-3-10-8(12)7(11)5-9/h6-7H,3-5,9H2,1-2H3,(H,10,12). The molecule has 1 fully saturated rings. The molecular weight excluding hydrogens is 154 g/mol. The number of hydrogen-bond donors (Lipinski definition) is 2. The summed E-state index contributed by atoms with van der Waals surface area (Å²) >= 11 is 0. The molecule has 1 unspecified atom stereocenters. The second-order valence-corrected chi connectivity index (χ2v) is 3.37. The Balaban J connectivity index is 2.64. The van der Waals surface area contributed by atoms with E-state index in [9.17, 15) is 4.79 Å². The van der Waals surface area contributed by atoms with Crippen molar-refractivity contribution in [3.63, 3.8) is 0 Å². The van der Waals surface area contributed by atoms with Gasteiger partial charge in [0.15, 0.2) is 0 Å². The van der Waals surface area contributed by atoms with Gasteiger partial charge in [-0.2, -0.15) is 0 Å². The summed E-state index contributed by atoms with van der Waals surface area (Å²) in [6.07, 6.45) is 0. The third kappa shape index (κ3) is 1.76. The SMILES string of the molecule is CC(C)N1CCNC(=O)C1CN. The van der Waals surface area contributed by atoms with Crippen LogP contribution in [0.5, 0.6) is 0 Å². The molecule has 0 aromatic heterocycles. The molecule has 4 nitrogen and oxygen atoms in total. The zero-order valence-corrected chi connectivity index (χ0v) is 7.71. The van der Waals surface area contributed by atoms with Crippen molar-refractivity contribution in [3.05, 3.63) is 0 Å². The first-order chi connectivity index (χ1) is 5.66. The first-order valence-electron chi connectivity index (χ1n) is 4.40. The molecule has 0 spiro atoms. The molecule has 3 N–H and O–H groups in total. The summed E-state index contributed by atoms with van der Waals surface area (Å²) in [5, 5.41) is 2.81. The fourth-order valence-corrected chi connectivity index (χ4v) is 1.59. The number of carbonyl (C=O) groups is 1. The van der Waals surface area contributed by atoms with E-state index in [1.807, 2.05) is 0 Å². The molecule has 4 heteroatoms. The fourth-order valence-electron chi connectivity index (χ4n) is 1.59. The van der Waals surface area contributed by atoms with Crippen LogP contribution in [0.15, 0.2) is 0 Å². The molecule has 1 aliphatic rings. The van der Waals surface area contributed by atoms with Crippen LogP contribution in [0.2, 0.25) is 0 Å². The number of hydrogen-bond acceptors (Lipinski definition) is 3. The summed E-state index contributed by atoms with van der Waals surface area (Å²) < 4.78 is 0. The summed E-state index contributed by atoms with van der Waals surface area (Å²) in [6, 6.07) is 0.267. The van der Waals surface area contributed by atoms with Crippen LogP contribution in [0.25, 0.3) is 0 Å². The van der Waals surface area contributed by atoms with E-state index in [1.165, 1.54) is 0 Å². The summed E-state index contributed by atoms with van der Waals surface area (Å²) in [4.78, 5) is 13.4. The maximum absolute atomic E-state index is 11.3. The number of amides is 1. The summed E-state index contributed by atoms with van der Waals surface area (Å²) in [7, 11) is 0. The van der Waals surface area contributed by atoms with E-state index >= 15 is 0 Å². The molecule has 1 saturated heterocycles. The first kappa shape index (κ1) is 9.48. The van der Waals surface area contributed by atoms with Gasteiger partial charge in [-0.1, -0.05) is 0 Å². The van der Waals surface area contributed by atoms with Crippen molar-refractivity contribution in [3.8, 4) is 0 Å². The van der Waals surface area contributed by atoms with Crippen molar-refractivity contribution in [1.29, 1.82) is 0 Å². The van der Waals surface area contributed by atoms with E-state index in [-0.39, 0.29) is 11.9 Å². The third-order valence-electron chi connectivity index (χ3n) is 2.26. The Hall–Kier alpha value is -0.610. The average Bonchev–Trinajstić information content (AvgIpc) is 2.03. The molecule has 0 saturated carbocycles. The lowest BCUT2D eigenvalue weighted by Gasteiger charge is -2.37. The molecule has 1 atom stereocenters. The van der Waals surface area contributed by atoms with Crippen LogP contribution < -0.4 is 11.1 Å². The predicted molar refractivity (Wildman–Crippen MR) is 47.7 cm³/mol. The van der Waals surface area contributed by atoms with E-state index in [0.717, 1.165) is 13.1 Å². The van der Waals surface area contributed by atoms with Gasteiger partial charge in [0, 0.05) is 25.7 Å². The minimum absolute atomic E-state index is 0.0671. The highest BCUT2D eigenvalue weighted by Crippen LogP contribution is 2.07. The number of nitrogens with one attached hydrogen (secondary N) is 1. The lowest BCUT2D eigenvalue weighted by molar-refractivity contribution is -0.129. The Morgan fingerprint density at radius 3 is 2.83 bits per heavy atom. The van der Waals surface area contributed by atoms with Crippen molar-refractivity contribution in [1.82, 2.24) is 10.2 Å². The van der Waals surface area contributed by atoms with Crippen LogP contribution in [0.1, 0.15) is 13.8 Å². The molecule has 1 heterocycles. The minimum Gasteiger partial charge on any atom is -0.353 e. The van der Waals surface area contributed by atoms with Crippen LogP contribution in [-0.2, 0) is 4.79 Å². The van der Waals surface area contributed by atoms with E-state index in [0.29, 0.717) is 12.6 Å². The maximum atomic E-state index is 11.3. The van der Waals surface area contributed by atoms with Gasteiger partial charge >= 0.3 is 0 Å². The molecule has 0 radical (unpaired) electrons. The zero-order chi connectivity index (χ0) is 9.14. The van der Waals surface area contributed by atoms with Crippen LogP contribution in [0.4, 0.5) is 0 Å². The van der Waals surface area contributed by atoms with Crippen LogP contribution in [0.3, 0.4) is 0 Å². The fraction of sp³-hybridized carbons (Fsp3) is 0.875. The van der Waals surface area contributed by atoms with Crippen molar-refractivity contribution >= 4 is 5.91 Å². The number of rotatable bonds is 2. The smallest absolute Gasteiger partial charge is 0.238 e. The topological polar surface area (TPSA) is 58.4 Å². The lowest BCUT2D eigenvalue weighted by atomic mass is 10.1. The summed E-state index contributed by atoms with van der Waals surface area (Å²) in [5.41, 5.74) is 5.52. The highest BCUT2D eigenvalue weighted by molar-refractivity contribution is 5.82. The quantitative estimate of drug-likeness (QED) is 0.569. The van der Waals surface area contributed by atoms with E-state index < -0.39 is 0 Å². The monoisotopic (exact) mass is 171 g/mol. The zero-order valence-electron chi connectivity index (χ0n) is 7.71. The Morgan fingerprint density at radius 1 is 1.75 bits per heavy atom. The molecular formula is C8H17N3O. The Morgan fingerprint density at radius 2 is 2.42 bits per heavy atom. The number of carbonyl (C=O) groups excluding carboxylic acids is 1. The van der Waals surface area contributed by atoms with Crippen LogP contribution >= 0.6 is 0 Å². The summed E-state index contributed by atoms with van der Waals surface area (Å²) in [6.45, 7) is 6.23. The van der Waals surface area contributed by atoms with Gasteiger partial charge in [-0.05, 0) is 13.8 Å². The van der Waals surface area contributed by atoms with Gasteiger partial charge in [-0.15, -0.1) is 0 Å². The van der Waals surface area contributed by atoms with Crippen molar-refractivity contribution in [2.75, 3.05) is 19.6 Å². The Labute approximate surface area is 73.1 Å². The van der Waals surface area contributed by atoms with Gasteiger partial charge in [-0.25, -0.2) is 0 Å². The van der Waals surface area contributed by atoms with Gasteiger partial charge in [0.1, 0.15) is 6.04 Å². The third-order valence-corrected chi connectivity index (χ3v) is 2.26. The Bertz CT molecular complexity index is 170. The van der Waals surface area contributed by atoms with Crippen LogP contribution in [-0.4, -0.2) is 42.5 Å². The van der Waals surface area contributed by atoms with Gasteiger partial charge in [0.05, 0.1) is 0 Å². The minimum atomic E-state index is -0.126. The number of piperazine rings is 1. The molecule has 1 amide bonds. The molecule has 0 aromatic rings. The second kappa shape index (κ2) is 3.87. The van der Waals surface area contributed by atoms with E-state index in [1.54, 1.807) is 0 Å². The average molecular weight is 171 g/mol. The molecule has 12 heavy (non-hydrogen) atoms. The van der Waals surface area contributed by atoms with Crippen LogP contribution in [0, 0.1) is 0 Å². The predicted octanol–water partition coefficient (Wildman–Crippen LogP) is -0.846. The van der Waals surface area contributed by atoms with Crippen molar-refractivity contribution in [2.24, 2.45) is 5.73 Å². The van der Waals surface area contributed by atoms with Gasteiger partial charge < -0.3 is 11.1 Å². The van der Waals surface area contributed by atoms with Gasteiger partial charge in [-0.3, -0.25) is 9.69 Å². The summed E-state index contributed by atoms with van der Waals surface area (Å²) in [5.74, 6) is 0.0671. The van der Waals surface area contributed by atoms with E-state index in [4.69, 9.17) is 5.73 Å². The highest BCUT2D eigenvalue weighted by Gasteiger charge is 2.29. The van der Waals surface area contributed by atoms with Crippen molar-refractivity contribution < 1.29 is 4.79 Å². The van der Waals surface area contributed by atoms with Gasteiger partial charge in [0.2, 0.25) is 5.91 Å². The number of nitrogens with zero attached hydrogens (tertiary/aromatic N) is 1. The molecule has 0 aromatic carbocycles. The first-order valence-corrected chi connectivity index (χ1v) is 4.40. The molecule has 70 valence electrons. The second-order valence-electron chi connectivity index (χ2n) is 3.37. The van der Waals surface area contributed by atoms with E-state index in [2.05, 4.69) is 24.1 Å². The highest BCUT2D eigenvalue weighted by atomic mass is 16.2. The molecule has 1 aliphatic heterocycles. The van der Waals surface area contributed by atoms with Gasteiger partial charge in [0.25, 0.3) is 0 Å². The normalized spacial score (nSPS) is 26.0. The molecule has 0 bridgehead atoms. The molecule has 0 aliphatic carbocycles. The largest absolute Gasteiger partial charge is 0.353 e. The molecule has 1 rings (SSSR count).